The first-order valence-corrected chi connectivity index (χ1v) is 49.0. The monoisotopic (exact) mass is 1890 g/mol. The van der Waals surface area contributed by atoms with Crippen LogP contribution in [0.2, 0.25) is 0 Å². The van der Waals surface area contributed by atoms with Crippen molar-refractivity contribution < 1.29 is 165 Å². The van der Waals surface area contributed by atoms with E-state index in [2.05, 4.69) is 126 Å². The largest absolute Gasteiger partial charge is 0.790 e. The van der Waals surface area contributed by atoms with Crippen molar-refractivity contribution in [1.29, 1.82) is 0 Å². The maximum Gasteiger partial charge on any atom is 0.274 e. The number of nitrogens with two attached hydrogens (primary N) is 2. The SMILES string of the molecule is CC(C)(COP(=O)([O-])OP(=O)([O-])OCC1OC(n2cnc3c(N)ncnc32)C(O)C1OP(=O)([O-])[O-])C(O)C(=O)NCCC(=O)NCCSCC(=O)NCCCCCCCCC[N+](C)(C)C.CCCCCNC(=O)CSCCNC(=O)CCNC(=O)C(O)C(C)(C)COP(=O)([O-])OP(=O)([O-])OCC1OC(n2cnc3c(N)ncnc32)C(O)C1OP(=O)([O-])[O-]. The molecule has 2 aliphatic heterocycles. The number of hydrogen-bond acceptors (Lipinski definition) is 44. The molecule has 51 nitrogen and oxygen atoms in total. The number of hydrogen-bond donors (Lipinski definition) is 12. The van der Waals surface area contributed by atoms with Gasteiger partial charge in [0.15, 0.2) is 35.4 Å². The zero-order valence-electron chi connectivity index (χ0n) is 67.9. The molecule has 14 atom stereocenters. The Morgan fingerprint density at radius 3 is 1.23 bits per heavy atom. The summed E-state index contributed by atoms with van der Waals surface area (Å²) < 4.78 is 122. The molecule has 2 fully saturated rings. The fourth-order valence-corrected chi connectivity index (χ4v) is 18.0. The molecule has 696 valence electrons. The molecule has 2 aliphatic rings. The van der Waals surface area contributed by atoms with E-state index in [-0.39, 0.29) is 96.3 Å². The highest BCUT2D eigenvalue weighted by Crippen LogP contribution is 2.58. The lowest BCUT2D eigenvalue weighted by Gasteiger charge is -2.36. The number of nitrogens with zero attached hydrogens (tertiary/aromatic N) is 9. The fourth-order valence-electron chi connectivity index (χ4n) is 11.2. The van der Waals surface area contributed by atoms with Crippen LogP contribution in [0.5, 0.6) is 0 Å². The lowest BCUT2D eigenvalue weighted by atomic mass is 9.87. The van der Waals surface area contributed by atoms with E-state index in [1.807, 2.05) is 0 Å². The second kappa shape index (κ2) is 49.3. The van der Waals surface area contributed by atoms with Crippen molar-refractivity contribution >= 4 is 140 Å². The average Bonchev–Trinajstić information content (AvgIpc) is 1.62. The number of ether oxygens (including phenoxy) is 2. The molecule has 122 heavy (non-hydrogen) atoms. The van der Waals surface area contributed by atoms with Crippen molar-refractivity contribution in [1.82, 2.24) is 70.9 Å². The number of carbonyl (C=O) groups excluding carboxylic acids is 6. The normalized spacial score (nSPS) is 21.0. The maximum absolute atomic E-state index is 12.6. The van der Waals surface area contributed by atoms with Crippen LogP contribution in [0.15, 0.2) is 25.3 Å². The van der Waals surface area contributed by atoms with Gasteiger partial charge in [-0.1, -0.05) is 73.1 Å². The van der Waals surface area contributed by atoms with Gasteiger partial charge in [0, 0.05) is 74.4 Å². The number of phosphoric ester groups is 6. The van der Waals surface area contributed by atoms with E-state index in [4.69, 9.17) is 20.9 Å². The van der Waals surface area contributed by atoms with Gasteiger partial charge in [0.1, 0.15) is 72.5 Å². The molecular weight excluding hydrogens is 1790 g/mol. The number of anilines is 2. The first-order valence-electron chi connectivity index (χ1n) is 37.9. The van der Waals surface area contributed by atoms with Crippen LogP contribution in [0.4, 0.5) is 11.6 Å². The van der Waals surface area contributed by atoms with Gasteiger partial charge in [-0.2, -0.15) is 23.5 Å². The van der Waals surface area contributed by atoms with Gasteiger partial charge in [-0.15, -0.1) is 0 Å². The highest BCUT2D eigenvalue weighted by atomic mass is 32.2. The van der Waals surface area contributed by atoms with Crippen LogP contribution in [0, 0.1) is 10.8 Å². The minimum absolute atomic E-state index is 0.0197. The summed E-state index contributed by atoms with van der Waals surface area (Å²) >= 11 is 2.68. The van der Waals surface area contributed by atoms with Crippen LogP contribution in [-0.4, -0.2) is 265 Å². The molecular formula is C63H106N17O34P6S2-7. The number of quaternary nitrogens is 1. The predicted molar refractivity (Wildman–Crippen MR) is 417 cm³/mol. The van der Waals surface area contributed by atoms with Crippen molar-refractivity contribution in [2.24, 2.45) is 10.8 Å². The Kier molecular flexibility index (Phi) is 43.3. The molecule has 0 saturated carbocycles. The van der Waals surface area contributed by atoms with E-state index < -0.39 is 169 Å². The van der Waals surface area contributed by atoms with Gasteiger partial charge in [0.25, 0.3) is 31.3 Å². The third-order valence-electron chi connectivity index (χ3n) is 17.6. The Morgan fingerprint density at radius 1 is 0.508 bits per heavy atom. The Morgan fingerprint density at radius 2 is 0.861 bits per heavy atom. The zero-order chi connectivity index (χ0) is 91.2. The number of rotatable bonds is 56. The minimum atomic E-state index is -5.92. The molecule has 0 bridgehead atoms. The first-order chi connectivity index (χ1) is 56.8. The Balaban J connectivity index is 0.000000437. The summed E-state index contributed by atoms with van der Waals surface area (Å²) in [5.41, 5.74) is 8.16. The summed E-state index contributed by atoms with van der Waals surface area (Å²) in [6.45, 7) is 4.88. The fraction of sp³-hybridized carbons (Fsp3) is 0.746. The molecule has 6 rings (SSSR count). The van der Waals surface area contributed by atoms with Gasteiger partial charge in [-0.3, -0.25) is 56.2 Å². The molecule has 0 aliphatic carbocycles. The van der Waals surface area contributed by atoms with E-state index in [1.54, 1.807) is 0 Å². The van der Waals surface area contributed by atoms with Crippen molar-refractivity contribution in [2.75, 3.05) is 128 Å². The number of thioether (sulfide) groups is 2. The van der Waals surface area contributed by atoms with Gasteiger partial charge in [0.2, 0.25) is 35.4 Å². The Labute approximate surface area is 709 Å². The van der Waals surface area contributed by atoms with E-state index in [0.717, 1.165) is 77.5 Å². The third kappa shape index (κ3) is 38.3. The summed E-state index contributed by atoms with van der Waals surface area (Å²) in [6, 6.07) is 0. The predicted octanol–water partition coefficient (Wildman–Crippen LogP) is -4.92. The van der Waals surface area contributed by atoms with E-state index in [9.17, 15) is 116 Å². The van der Waals surface area contributed by atoms with Crippen LogP contribution < -0.4 is 82.5 Å². The lowest BCUT2D eigenvalue weighted by Crippen LogP contribution is -2.46. The minimum Gasteiger partial charge on any atom is -0.790 e. The van der Waals surface area contributed by atoms with Crippen LogP contribution in [0.25, 0.3) is 22.3 Å². The van der Waals surface area contributed by atoms with Gasteiger partial charge in [-0.25, -0.2) is 38.5 Å². The molecule has 6 heterocycles. The van der Waals surface area contributed by atoms with Crippen LogP contribution in [0.1, 0.15) is 124 Å². The molecule has 0 aromatic carbocycles. The summed E-state index contributed by atoms with van der Waals surface area (Å²) in [6.07, 6.45) is -4.11. The van der Waals surface area contributed by atoms with Crippen molar-refractivity contribution in [3.05, 3.63) is 25.3 Å². The molecule has 6 amide bonds. The highest BCUT2D eigenvalue weighted by molar-refractivity contribution is 8.00. The zero-order valence-corrected chi connectivity index (χ0v) is 74.9. The lowest BCUT2D eigenvalue weighted by molar-refractivity contribution is -0.870. The standard InChI is InChI=1S/C35H64N9O17P3S.C28H49N8O17P3S/c1-35(2,30(48)33(49)39-15-13-25(45)38-16-18-65-20-26(46)37-14-11-9-7-6-8-10-12-17-44(3,4)5)21-58-64(55,56)61-63(53,54)57-19-24-29(60-62(50,51)52)28(47)34(59-24)43-23-42-27-31(36)40-22-41-32(27)43;1-4-5-6-8-30-19(38)13-57-11-10-31-18(37)7-9-32-26(41)23(40)28(2,3)14-50-56(47,48)53-55(45,46)49-12-17-22(52-54(42,43)44)21(39)27(51-17)36-16-35-20-24(29)33-15-34-25(20)36/h22-24,28-30,34,47-48H,6-21H2,1-5H3,(H8-,36,37,38,39,40,41,45,46,49,50,51,52,53,54,55,56);15-17,21-23,27,39-40H,4-14H2,1-3H3,(H,30,38)(H,31,37)(H,32,41)(H,45,46)(H,47,48)(H2,29,33,34)(H2,42,43,44)/p-7. The second-order valence-corrected chi connectivity index (χ2v) is 40.3. The highest BCUT2D eigenvalue weighted by Gasteiger charge is 2.50. The summed E-state index contributed by atoms with van der Waals surface area (Å²) in [5.74, 6) is -1.77. The molecule has 14 N–H and O–H groups in total. The van der Waals surface area contributed by atoms with E-state index in [1.165, 1.54) is 83.4 Å². The number of nitrogens with one attached hydrogen (secondary N) is 6. The number of fused-ring (bicyclic) bond motifs is 2. The molecule has 14 unspecified atom stereocenters. The smallest absolute Gasteiger partial charge is 0.274 e. The molecule has 59 heteroatoms. The molecule has 2 saturated heterocycles. The van der Waals surface area contributed by atoms with Gasteiger partial charge in [0.05, 0.1) is 93.9 Å². The van der Waals surface area contributed by atoms with E-state index in [0.29, 0.717) is 24.6 Å². The number of aromatic nitrogens is 8. The molecule has 0 radical (unpaired) electrons. The van der Waals surface area contributed by atoms with Gasteiger partial charge in [-0.05, 0) is 25.7 Å². The van der Waals surface area contributed by atoms with E-state index >= 15 is 0 Å². The molecule has 4 aromatic heterocycles. The topological polar surface area (TPSA) is 774 Å². The number of nitrogen functional groups attached to an aromatic ring is 2. The molecule has 0 spiro atoms. The number of unbranched alkanes of at least 4 members (excludes halogenated alkanes) is 8. The van der Waals surface area contributed by atoms with Crippen LogP contribution in [-0.2, 0) is 101 Å². The number of amides is 6. The van der Waals surface area contributed by atoms with Crippen LogP contribution in [0.3, 0.4) is 0 Å². The first kappa shape index (κ1) is 107. The second-order valence-electron chi connectivity index (χ2n) is 30.0. The Hall–Kier alpha value is -5.32. The quantitative estimate of drug-likeness (QED) is 0.0112. The van der Waals surface area contributed by atoms with Gasteiger partial charge >= 0.3 is 0 Å². The summed E-state index contributed by atoms with van der Waals surface area (Å²) in [7, 11) is -28.6. The Bertz CT molecular complexity index is 4360. The molecule has 4 aromatic rings. The number of carbonyl (C=O) groups is 6. The number of aliphatic hydroxyl groups is 4. The van der Waals surface area contributed by atoms with Crippen molar-refractivity contribution in [2.45, 2.75) is 173 Å². The van der Waals surface area contributed by atoms with Gasteiger partial charge < -0.3 is 153 Å². The maximum atomic E-state index is 12.6. The van der Waals surface area contributed by atoms with Crippen molar-refractivity contribution in [3.8, 4) is 0 Å². The summed E-state index contributed by atoms with van der Waals surface area (Å²) in [5, 5.41) is 58.4. The third-order valence-corrected chi connectivity index (χ3v) is 25.6. The van der Waals surface area contributed by atoms with Crippen molar-refractivity contribution in [3.63, 3.8) is 0 Å². The van der Waals surface area contributed by atoms with Crippen LogP contribution >= 0.6 is 70.5 Å². The number of aliphatic hydroxyl groups excluding tert-OH is 4. The average molecular weight is 1900 g/mol. The number of phosphoric acid groups is 6. The number of imidazole rings is 2. The summed E-state index contributed by atoms with van der Waals surface area (Å²) in [4.78, 5) is 192.